The first kappa shape index (κ1) is 19.0. The first-order valence-corrected chi connectivity index (χ1v) is 9.69. The molecule has 5 heteroatoms. The summed E-state index contributed by atoms with van der Waals surface area (Å²) >= 11 is 0. The molecule has 0 bridgehead atoms. The van der Waals surface area contributed by atoms with Gasteiger partial charge < -0.3 is 5.11 Å². The third-order valence-electron chi connectivity index (χ3n) is 7.05. The molecule has 5 nitrogen and oxygen atoms in total. The van der Waals surface area contributed by atoms with E-state index in [0.717, 1.165) is 0 Å². The summed E-state index contributed by atoms with van der Waals surface area (Å²) in [7, 11) is 0. The van der Waals surface area contributed by atoms with Crippen LogP contribution >= 0.6 is 0 Å². The number of rotatable bonds is 3. The second kappa shape index (κ2) is 6.45. The van der Waals surface area contributed by atoms with E-state index < -0.39 is 11.5 Å². The zero-order chi connectivity index (χ0) is 19.3. The molecule has 2 aliphatic carbocycles. The van der Waals surface area contributed by atoms with Gasteiger partial charge in [-0.25, -0.2) is 0 Å². The van der Waals surface area contributed by atoms with Crippen molar-refractivity contribution in [3.05, 3.63) is 23.3 Å². The van der Waals surface area contributed by atoms with Gasteiger partial charge in [-0.2, -0.15) is 0 Å². The van der Waals surface area contributed by atoms with Crippen LogP contribution in [-0.4, -0.2) is 39.2 Å². The van der Waals surface area contributed by atoms with Crippen molar-refractivity contribution in [2.75, 3.05) is 0 Å². The lowest BCUT2D eigenvalue weighted by Gasteiger charge is -2.56. The molecule has 0 radical (unpaired) electrons. The van der Waals surface area contributed by atoms with E-state index in [0.29, 0.717) is 43.3 Å². The normalized spacial score (nSPS) is 38.5. The molecule has 2 unspecified atom stereocenters. The van der Waals surface area contributed by atoms with E-state index in [9.17, 15) is 19.5 Å². The Morgan fingerprint density at radius 3 is 2.54 bits per heavy atom. The van der Waals surface area contributed by atoms with Gasteiger partial charge in [0.1, 0.15) is 5.78 Å². The molecule has 0 aromatic heterocycles. The van der Waals surface area contributed by atoms with Crippen LogP contribution in [0.2, 0.25) is 0 Å². The molecule has 3 rings (SSSR count). The van der Waals surface area contributed by atoms with E-state index in [1.54, 1.807) is 19.1 Å². The van der Waals surface area contributed by atoms with E-state index in [1.807, 2.05) is 20.8 Å². The number of Topliss-reactive ketones (excluding diaryl/α,β-unsaturated/α-hetero) is 1. The molecular formula is C21H29NO4. The highest BCUT2D eigenvalue weighted by Crippen LogP contribution is 2.55. The summed E-state index contributed by atoms with van der Waals surface area (Å²) in [6.07, 6.45) is 6.82. The zero-order valence-corrected chi connectivity index (χ0v) is 16.2. The molecule has 1 heterocycles. The van der Waals surface area contributed by atoms with Gasteiger partial charge in [0.2, 0.25) is 0 Å². The van der Waals surface area contributed by atoms with Crippen molar-refractivity contribution in [1.82, 2.24) is 4.90 Å². The number of nitrogens with zero attached hydrogens (tertiary/aromatic N) is 1. The minimum absolute atomic E-state index is 0.0756. The largest absolute Gasteiger partial charge is 0.388 e. The topological polar surface area (TPSA) is 74.7 Å². The molecule has 142 valence electrons. The fraction of sp³-hybridized carbons (Fsp3) is 0.667. The first-order chi connectivity index (χ1) is 12.2. The highest BCUT2D eigenvalue weighted by Gasteiger charge is 2.59. The van der Waals surface area contributed by atoms with Gasteiger partial charge in [-0.3, -0.25) is 19.3 Å². The molecule has 1 aliphatic heterocycles. The SMILES string of the molecule is C/C=C\C1=C(CC)C(=O)N(C2CC[C@]3(C)CCC(=O)C(C)[C@]3(O)C2)C1=O. The molecule has 26 heavy (non-hydrogen) atoms. The van der Waals surface area contributed by atoms with Crippen LogP contribution in [0.5, 0.6) is 0 Å². The average Bonchev–Trinajstić information content (AvgIpc) is 2.84. The number of ketones is 1. The second-order valence-electron chi connectivity index (χ2n) is 8.30. The maximum Gasteiger partial charge on any atom is 0.261 e. The van der Waals surface area contributed by atoms with Gasteiger partial charge >= 0.3 is 0 Å². The molecule has 2 saturated carbocycles. The van der Waals surface area contributed by atoms with Gasteiger partial charge in [-0.05, 0) is 44.4 Å². The Labute approximate surface area is 155 Å². The van der Waals surface area contributed by atoms with Crippen molar-refractivity contribution >= 4 is 17.6 Å². The summed E-state index contributed by atoms with van der Waals surface area (Å²) < 4.78 is 0. The minimum Gasteiger partial charge on any atom is -0.388 e. The molecule has 0 saturated heterocycles. The van der Waals surface area contributed by atoms with E-state index in [4.69, 9.17) is 0 Å². The summed E-state index contributed by atoms with van der Waals surface area (Å²) in [5, 5.41) is 11.5. The van der Waals surface area contributed by atoms with Crippen LogP contribution in [0.4, 0.5) is 0 Å². The number of allylic oxidation sites excluding steroid dienone is 1. The van der Waals surface area contributed by atoms with E-state index in [2.05, 4.69) is 0 Å². The van der Waals surface area contributed by atoms with Crippen molar-refractivity contribution in [2.24, 2.45) is 11.3 Å². The van der Waals surface area contributed by atoms with E-state index in [1.165, 1.54) is 4.90 Å². The molecule has 0 aromatic rings. The van der Waals surface area contributed by atoms with Gasteiger partial charge in [-0.15, -0.1) is 0 Å². The summed E-state index contributed by atoms with van der Waals surface area (Å²) in [4.78, 5) is 39.4. The molecule has 1 N–H and O–H groups in total. The maximum absolute atomic E-state index is 12.9. The molecular weight excluding hydrogens is 330 g/mol. The number of imide groups is 1. The Kier molecular flexibility index (Phi) is 4.72. The van der Waals surface area contributed by atoms with Gasteiger partial charge in [0.15, 0.2) is 0 Å². The number of aliphatic hydroxyl groups is 1. The van der Waals surface area contributed by atoms with Crippen LogP contribution in [0.3, 0.4) is 0 Å². The summed E-state index contributed by atoms with van der Waals surface area (Å²) in [5.41, 5.74) is -0.494. The van der Waals surface area contributed by atoms with Gasteiger partial charge in [0, 0.05) is 29.5 Å². The minimum atomic E-state index is -1.17. The molecule has 0 aromatic carbocycles. The van der Waals surface area contributed by atoms with Crippen LogP contribution in [0, 0.1) is 11.3 Å². The molecule has 2 amide bonds. The highest BCUT2D eigenvalue weighted by molar-refractivity contribution is 6.20. The molecule has 2 fully saturated rings. The monoisotopic (exact) mass is 359 g/mol. The van der Waals surface area contributed by atoms with Crippen LogP contribution in [0.15, 0.2) is 23.3 Å². The Bertz CT molecular complexity index is 722. The Balaban J connectivity index is 1.92. The smallest absolute Gasteiger partial charge is 0.261 e. The lowest BCUT2D eigenvalue weighted by Crippen LogP contribution is -2.63. The van der Waals surface area contributed by atoms with Crippen LogP contribution < -0.4 is 0 Å². The number of carbonyl (C=O) groups excluding carboxylic acids is 3. The first-order valence-electron chi connectivity index (χ1n) is 9.69. The van der Waals surface area contributed by atoms with Gasteiger partial charge in [0.25, 0.3) is 11.8 Å². The Morgan fingerprint density at radius 1 is 1.23 bits per heavy atom. The number of hydrogen-bond donors (Lipinski definition) is 1. The number of amides is 2. The van der Waals surface area contributed by atoms with Crippen molar-refractivity contribution in [3.8, 4) is 0 Å². The third kappa shape index (κ3) is 2.51. The fourth-order valence-electron chi connectivity index (χ4n) is 5.18. The predicted octanol–water partition coefficient (Wildman–Crippen LogP) is 2.93. The maximum atomic E-state index is 12.9. The number of carbonyl (C=O) groups is 3. The summed E-state index contributed by atoms with van der Waals surface area (Å²) in [6, 6.07) is -0.356. The van der Waals surface area contributed by atoms with Crippen LogP contribution in [0.25, 0.3) is 0 Å². The van der Waals surface area contributed by atoms with E-state index in [-0.39, 0.29) is 35.5 Å². The van der Waals surface area contributed by atoms with Crippen molar-refractivity contribution in [2.45, 2.75) is 77.9 Å². The van der Waals surface area contributed by atoms with Crippen molar-refractivity contribution in [3.63, 3.8) is 0 Å². The zero-order valence-electron chi connectivity index (χ0n) is 16.2. The Hall–Kier alpha value is -1.75. The molecule has 3 aliphatic rings. The fourth-order valence-corrected chi connectivity index (χ4v) is 5.18. The number of hydrogen-bond acceptors (Lipinski definition) is 4. The van der Waals surface area contributed by atoms with Crippen LogP contribution in [0.1, 0.15) is 66.2 Å². The lowest BCUT2D eigenvalue weighted by molar-refractivity contribution is -0.185. The molecule has 4 atom stereocenters. The average molecular weight is 359 g/mol. The summed E-state index contributed by atoms with van der Waals surface area (Å²) in [5.74, 6) is -0.897. The predicted molar refractivity (Wildman–Crippen MR) is 98.1 cm³/mol. The standard InChI is InChI=1S/C21H29NO4/c1-5-7-16-15(6-2)18(24)22(19(16)25)14-8-10-20(4)11-9-17(23)13(3)21(20,26)12-14/h5,7,13-14,26H,6,8-12H2,1-4H3/b7-5-/t13?,14?,20-,21-/m1/s1. The second-order valence-corrected chi connectivity index (χ2v) is 8.30. The molecule has 0 spiro atoms. The summed E-state index contributed by atoms with van der Waals surface area (Å²) in [6.45, 7) is 7.53. The van der Waals surface area contributed by atoms with Gasteiger partial charge in [0.05, 0.1) is 5.60 Å². The quantitative estimate of drug-likeness (QED) is 0.786. The highest BCUT2D eigenvalue weighted by atomic mass is 16.3. The Morgan fingerprint density at radius 2 is 1.92 bits per heavy atom. The lowest BCUT2D eigenvalue weighted by atomic mass is 9.52. The van der Waals surface area contributed by atoms with E-state index >= 15 is 0 Å². The van der Waals surface area contributed by atoms with Crippen molar-refractivity contribution in [1.29, 1.82) is 0 Å². The van der Waals surface area contributed by atoms with Crippen LogP contribution in [-0.2, 0) is 14.4 Å². The number of fused-ring (bicyclic) bond motifs is 1. The third-order valence-corrected chi connectivity index (χ3v) is 7.05. The van der Waals surface area contributed by atoms with Gasteiger partial charge in [-0.1, -0.05) is 32.9 Å². The van der Waals surface area contributed by atoms with Crippen molar-refractivity contribution < 1.29 is 19.5 Å².